The molecule has 2 saturated heterocycles. The van der Waals surface area contributed by atoms with Crippen LogP contribution < -0.4 is 0 Å². The first kappa shape index (κ1) is 26.3. The van der Waals surface area contributed by atoms with Crippen LogP contribution in [0.15, 0.2) is 18.2 Å². The van der Waals surface area contributed by atoms with Crippen LogP contribution in [0.3, 0.4) is 0 Å². The summed E-state index contributed by atoms with van der Waals surface area (Å²) in [5.41, 5.74) is -0.149. The lowest BCUT2D eigenvalue weighted by atomic mass is 9.74. The molecule has 2 aliphatic heterocycles. The number of carbonyl (C=O) groups excluding carboxylic acids is 1. The van der Waals surface area contributed by atoms with Gasteiger partial charge in [0.2, 0.25) is 15.9 Å². The Hall–Kier alpha value is -0.800. The SMILES string of the molecule is CCCS(=O)(=O)N1CC2CCC(C1)N2C1(CCC(=O)c2ccc(Cl)cc2Cl)CCC(F)(F)CC1. The molecule has 0 spiro atoms. The van der Waals surface area contributed by atoms with Crippen molar-refractivity contribution in [3.8, 4) is 0 Å². The lowest BCUT2D eigenvalue weighted by Gasteiger charge is -2.54. The minimum atomic E-state index is -3.31. The Bertz CT molecular complexity index is 1010. The molecule has 0 amide bonds. The molecule has 3 aliphatic rings. The number of rotatable bonds is 8. The maximum atomic E-state index is 14.2. The zero-order chi connectivity index (χ0) is 24.7. The van der Waals surface area contributed by atoms with Gasteiger partial charge in [0.25, 0.3) is 0 Å². The number of carbonyl (C=O) groups is 1. The molecule has 2 unspecified atom stereocenters. The number of hydrogen-bond donors (Lipinski definition) is 0. The van der Waals surface area contributed by atoms with Crippen LogP contribution in [0.4, 0.5) is 8.78 Å². The van der Waals surface area contributed by atoms with Crippen molar-refractivity contribution in [2.24, 2.45) is 0 Å². The summed E-state index contributed by atoms with van der Waals surface area (Å²) in [5.74, 6) is -2.70. The van der Waals surface area contributed by atoms with Crippen LogP contribution in [-0.2, 0) is 10.0 Å². The van der Waals surface area contributed by atoms with Crippen LogP contribution in [0, 0.1) is 0 Å². The molecule has 1 saturated carbocycles. The highest BCUT2D eigenvalue weighted by molar-refractivity contribution is 7.89. The average molecular weight is 538 g/mol. The van der Waals surface area contributed by atoms with Crippen molar-refractivity contribution in [1.29, 1.82) is 0 Å². The van der Waals surface area contributed by atoms with Crippen molar-refractivity contribution in [2.45, 2.75) is 88.3 Å². The Morgan fingerprint density at radius 1 is 1.09 bits per heavy atom. The van der Waals surface area contributed by atoms with Gasteiger partial charge in [-0.1, -0.05) is 30.1 Å². The van der Waals surface area contributed by atoms with Gasteiger partial charge >= 0.3 is 0 Å². The molecule has 0 aromatic heterocycles. The highest BCUT2D eigenvalue weighted by Gasteiger charge is 2.54. The molecule has 5 nitrogen and oxygen atoms in total. The van der Waals surface area contributed by atoms with Crippen molar-refractivity contribution in [2.75, 3.05) is 18.8 Å². The average Bonchev–Trinajstić information content (AvgIpc) is 3.03. The molecular formula is C24H32Cl2F2N2O3S. The molecule has 2 bridgehead atoms. The first-order valence-electron chi connectivity index (χ1n) is 12.1. The van der Waals surface area contributed by atoms with Crippen LogP contribution in [0.5, 0.6) is 0 Å². The number of halogens is 4. The summed E-state index contributed by atoms with van der Waals surface area (Å²) in [6.45, 7) is 2.64. The molecule has 2 heterocycles. The van der Waals surface area contributed by atoms with Gasteiger partial charge in [-0.25, -0.2) is 17.2 Å². The zero-order valence-corrected chi connectivity index (χ0v) is 21.7. The molecule has 4 rings (SSSR count). The third-order valence-corrected chi connectivity index (χ3v) is 10.4. The monoisotopic (exact) mass is 536 g/mol. The van der Waals surface area contributed by atoms with E-state index in [1.807, 2.05) is 6.92 Å². The number of sulfonamides is 1. The largest absolute Gasteiger partial charge is 0.294 e. The van der Waals surface area contributed by atoms with Crippen LogP contribution in [-0.4, -0.2) is 65.8 Å². The quantitative estimate of drug-likeness (QED) is 0.394. The number of hydrogen-bond acceptors (Lipinski definition) is 4. The highest BCUT2D eigenvalue weighted by Crippen LogP contribution is 2.49. The summed E-state index contributed by atoms with van der Waals surface area (Å²) in [6.07, 6.45) is 3.08. The van der Waals surface area contributed by atoms with Crippen LogP contribution >= 0.6 is 23.2 Å². The fourth-order valence-electron chi connectivity index (χ4n) is 6.17. The highest BCUT2D eigenvalue weighted by atomic mass is 35.5. The maximum absolute atomic E-state index is 14.2. The smallest absolute Gasteiger partial charge is 0.248 e. The van der Waals surface area contributed by atoms with E-state index in [1.165, 1.54) is 6.07 Å². The third kappa shape index (κ3) is 5.31. The van der Waals surface area contributed by atoms with Gasteiger partial charge in [0.1, 0.15) is 0 Å². The molecular weight excluding hydrogens is 505 g/mol. The van der Waals surface area contributed by atoms with Crippen LogP contribution in [0.1, 0.15) is 75.1 Å². The lowest BCUT2D eigenvalue weighted by Crippen LogP contribution is -2.65. The fourth-order valence-corrected chi connectivity index (χ4v) is 8.25. The van der Waals surface area contributed by atoms with Gasteiger partial charge in [-0.15, -0.1) is 0 Å². The number of fused-ring (bicyclic) bond motifs is 2. The first-order valence-corrected chi connectivity index (χ1v) is 14.5. The Morgan fingerprint density at radius 2 is 1.71 bits per heavy atom. The number of benzene rings is 1. The molecule has 0 N–H and O–H groups in total. The van der Waals surface area contributed by atoms with Crippen LogP contribution in [0.25, 0.3) is 0 Å². The van der Waals surface area contributed by atoms with E-state index in [0.29, 0.717) is 49.4 Å². The predicted molar refractivity (Wildman–Crippen MR) is 130 cm³/mol. The van der Waals surface area contributed by atoms with Gasteiger partial charge in [-0.05, 0) is 56.7 Å². The van der Waals surface area contributed by atoms with Crippen LogP contribution in [0.2, 0.25) is 10.0 Å². The van der Waals surface area contributed by atoms with Gasteiger partial charge < -0.3 is 0 Å². The Kier molecular flexibility index (Phi) is 7.67. The van der Waals surface area contributed by atoms with Gasteiger partial charge in [0, 0.05) is 60.6 Å². The normalized spacial score (nSPS) is 27.1. The Labute approximate surface area is 210 Å². The molecule has 3 fully saturated rings. The van der Waals surface area contributed by atoms with E-state index < -0.39 is 21.5 Å². The summed E-state index contributed by atoms with van der Waals surface area (Å²) in [4.78, 5) is 15.4. The summed E-state index contributed by atoms with van der Waals surface area (Å²) < 4.78 is 55.4. The Morgan fingerprint density at radius 3 is 2.26 bits per heavy atom. The molecule has 2 atom stereocenters. The fraction of sp³-hybridized carbons (Fsp3) is 0.708. The summed E-state index contributed by atoms with van der Waals surface area (Å²) in [6, 6.07) is 4.74. The molecule has 34 heavy (non-hydrogen) atoms. The second-order valence-corrected chi connectivity index (χ2v) is 13.0. The standard InChI is InChI=1S/C24H32Cl2F2N2O3S/c1-2-13-34(32,33)29-15-18-4-5-19(16-29)30(18)23(9-11-24(27,28)12-10-23)8-7-22(31)20-6-3-17(25)14-21(20)26/h3,6,14,18-19H,2,4-5,7-13,15-16H2,1H3. The summed E-state index contributed by atoms with van der Waals surface area (Å²) >= 11 is 12.2. The van der Waals surface area contributed by atoms with Gasteiger partial charge in [-0.2, -0.15) is 4.31 Å². The van der Waals surface area contributed by atoms with E-state index >= 15 is 0 Å². The first-order chi connectivity index (χ1) is 16.0. The third-order valence-electron chi connectivity index (χ3n) is 7.81. The van der Waals surface area contributed by atoms with Crippen molar-refractivity contribution in [1.82, 2.24) is 9.21 Å². The predicted octanol–water partition coefficient (Wildman–Crippen LogP) is 5.79. The molecule has 1 aromatic rings. The number of piperazine rings is 1. The lowest BCUT2D eigenvalue weighted by molar-refractivity contribution is -0.104. The zero-order valence-electron chi connectivity index (χ0n) is 19.4. The van der Waals surface area contributed by atoms with E-state index in [9.17, 15) is 22.0 Å². The second-order valence-electron chi connectivity index (χ2n) is 10.1. The number of Topliss-reactive ketones (excluding diaryl/α,β-unsaturated/α-hetero) is 1. The summed E-state index contributed by atoms with van der Waals surface area (Å²) in [7, 11) is -3.31. The second kappa shape index (κ2) is 9.92. The van der Waals surface area contributed by atoms with Gasteiger partial charge in [0.05, 0.1) is 10.8 Å². The van der Waals surface area contributed by atoms with Gasteiger partial charge in [-0.3, -0.25) is 9.69 Å². The van der Waals surface area contributed by atoms with Crippen molar-refractivity contribution < 1.29 is 22.0 Å². The summed E-state index contributed by atoms with van der Waals surface area (Å²) in [5, 5.41) is 0.733. The molecule has 190 valence electrons. The number of alkyl halides is 2. The minimum absolute atomic E-state index is 0.00803. The number of ketones is 1. The molecule has 0 radical (unpaired) electrons. The Balaban J connectivity index is 1.55. The van der Waals surface area contributed by atoms with Gasteiger partial charge in [0.15, 0.2) is 5.78 Å². The topological polar surface area (TPSA) is 57.7 Å². The van der Waals surface area contributed by atoms with E-state index in [-0.39, 0.29) is 47.9 Å². The van der Waals surface area contributed by atoms with E-state index in [2.05, 4.69) is 4.90 Å². The van der Waals surface area contributed by atoms with E-state index in [0.717, 1.165) is 12.8 Å². The molecule has 1 aromatic carbocycles. The van der Waals surface area contributed by atoms with E-state index in [4.69, 9.17) is 23.2 Å². The molecule has 10 heteroatoms. The van der Waals surface area contributed by atoms with Crippen molar-refractivity contribution in [3.63, 3.8) is 0 Å². The van der Waals surface area contributed by atoms with E-state index in [1.54, 1.807) is 16.4 Å². The molecule has 1 aliphatic carbocycles. The van der Waals surface area contributed by atoms with Crippen molar-refractivity contribution in [3.05, 3.63) is 33.8 Å². The van der Waals surface area contributed by atoms with Crippen molar-refractivity contribution >= 4 is 39.0 Å². The maximum Gasteiger partial charge on any atom is 0.248 e. The number of nitrogens with zero attached hydrogens (tertiary/aromatic N) is 2. The minimum Gasteiger partial charge on any atom is -0.294 e.